The summed E-state index contributed by atoms with van der Waals surface area (Å²) in [7, 11) is 0. The molecule has 0 aliphatic heterocycles. The SMILES string of the molecule is CCc1cccc(C)c1NC(=O)COc1ccc2ccccc2c1Br. The fourth-order valence-corrected chi connectivity index (χ4v) is 3.45. The molecule has 128 valence electrons. The van der Waals surface area contributed by atoms with Crippen LogP contribution in [0, 0.1) is 6.92 Å². The molecule has 0 saturated heterocycles. The molecule has 0 unspecified atom stereocenters. The van der Waals surface area contributed by atoms with Gasteiger partial charge in [-0.1, -0.05) is 55.5 Å². The molecule has 4 heteroatoms. The lowest BCUT2D eigenvalue weighted by Gasteiger charge is -2.14. The predicted molar refractivity (Wildman–Crippen MR) is 106 cm³/mol. The highest BCUT2D eigenvalue weighted by atomic mass is 79.9. The fourth-order valence-electron chi connectivity index (χ4n) is 2.85. The van der Waals surface area contributed by atoms with Gasteiger partial charge in [-0.05, 0) is 57.2 Å². The van der Waals surface area contributed by atoms with Crippen LogP contribution in [0.3, 0.4) is 0 Å². The number of carbonyl (C=O) groups excluding carboxylic acids is 1. The van der Waals surface area contributed by atoms with E-state index in [0.717, 1.165) is 38.5 Å². The van der Waals surface area contributed by atoms with E-state index in [0.29, 0.717) is 5.75 Å². The van der Waals surface area contributed by atoms with Crippen LogP contribution in [0.1, 0.15) is 18.1 Å². The third kappa shape index (κ3) is 3.85. The number of halogens is 1. The number of ether oxygens (including phenoxy) is 1. The number of rotatable bonds is 5. The highest BCUT2D eigenvalue weighted by Gasteiger charge is 2.11. The number of fused-ring (bicyclic) bond motifs is 1. The number of anilines is 1. The number of aryl methyl sites for hydroxylation is 2. The first-order chi connectivity index (χ1) is 12.1. The first-order valence-electron chi connectivity index (χ1n) is 8.28. The molecule has 3 rings (SSSR count). The first kappa shape index (κ1) is 17.5. The lowest BCUT2D eigenvalue weighted by Crippen LogP contribution is -2.21. The van der Waals surface area contributed by atoms with Gasteiger partial charge in [-0.3, -0.25) is 4.79 Å². The summed E-state index contributed by atoms with van der Waals surface area (Å²) in [5.74, 6) is 0.499. The molecule has 25 heavy (non-hydrogen) atoms. The summed E-state index contributed by atoms with van der Waals surface area (Å²) in [6, 6.07) is 17.9. The molecule has 3 aromatic carbocycles. The number of para-hydroxylation sites is 1. The molecule has 0 fully saturated rings. The lowest BCUT2D eigenvalue weighted by atomic mass is 10.1. The molecule has 0 aliphatic rings. The van der Waals surface area contributed by atoms with Crippen LogP contribution in [0.5, 0.6) is 5.75 Å². The Morgan fingerprint density at radius 3 is 2.68 bits per heavy atom. The van der Waals surface area contributed by atoms with E-state index >= 15 is 0 Å². The molecule has 1 N–H and O–H groups in total. The fraction of sp³-hybridized carbons (Fsp3) is 0.190. The van der Waals surface area contributed by atoms with Gasteiger partial charge in [0.05, 0.1) is 4.47 Å². The Kier molecular flexibility index (Phi) is 5.39. The molecule has 0 heterocycles. The van der Waals surface area contributed by atoms with Crippen LogP contribution in [0.4, 0.5) is 5.69 Å². The molecule has 3 nitrogen and oxygen atoms in total. The van der Waals surface area contributed by atoms with Crippen molar-refractivity contribution in [3.05, 3.63) is 70.2 Å². The Labute approximate surface area is 156 Å². The van der Waals surface area contributed by atoms with E-state index in [1.165, 1.54) is 0 Å². The molecule has 0 atom stereocenters. The molecule has 0 aromatic heterocycles. The van der Waals surface area contributed by atoms with Gasteiger partial charge in [-0.2, -0.15) is 0 Å². The van der Waals surface area contributed by atoms with Gasteiger partial charge in [0.1, 0.15) is 5.75 Å². The number of benzene rings is 3. The third-order valence-corrected chi connectivity index (χ3v) is 5.01. The van der Waals surface area contributed by atoms with Crippen LogP contribution < -0.4 is 10.1 Å². The van der Waals surface area contributed by atoms with Gasteiger partial charge in [-0.15, -0.1) is 0 Å². The minimum atomic E-state index is -0.163. The zero-order valence-electron chi connectivity index (χ0n) is 14.3. The van der Waals surface area contributed by atoms with Gasteiger partial charge in [-0.25, -0.2) is 0 Å². The molecule has 1 amide bonds. The van der Waals surface area contributed by atoms with Crippen molar-refractivity contribution in [3.8, 4) is 5.75 Å². The normalized spacial score (nSPS) is 10.7. The average molecular weight is 398 g/mol. The summed E-state index contributed by atoms with van der Waals surface area (Å²) in [4.78, 5) is 12.3. The van der Waals surface area contributed by atoms with Gasteiger partial charge in [0.25, 0.3) is 5.91 Å². The maximum Gasteiger partial charge on any atom is 0.262 e. The standard InChI is InChI=1S/C21H20BrNO2/c1-3-15-9-6-7-14(2)21(15)23-19(24)13-25-18-12-11-16-8-4-5-10-17(16)20(18)22/h4-12H,3,13H2,1-2H3,(H,23,24). The van der Waals surface area contributed by atoms with Crippen LogP contribution >= 0.6 is 15.9 Å². The summed E-state index contributed by atoms with van der Waals surface area (Å²) in [5, 5.41) is 5.16. The summed E-state index contributed by atoms with van der Waals surface area (Å²) < 4.78 is 6.60. The number of carbonyl (C=O) groups is 1. The topological polar surface area (TPSA) is 38.3 Å². The second-order valence-corrected chi connectivity index (χ2v) is 6.69. The average Bonchev–Trinajstić information content (AvgIpc) is 2.63. The largest absolute Gasteiger partial charge is 0.483 e. The van der Waals surface area contributed by atoms with Crippen LogP contribution in [-0.4, -0.2) is 12.5 Å². The number of nitrogens with one attached hydrogen (secondary N) is 1. The Bertz CT molecular complexity index is 921. The highest BCUT2D eigenvalue weighted by molar-refractivity contribution is 9.10. The number of amides is 1. The van der Waals surface area contributed by atoms with E-state index < -0.39 is 0 Å². The van der Waals surface area contributed by atoms with E-state index in [4.69, 9.17) is 4.74 Å². The number of hydrogen-bond donors (Lipinski definition) is 1. The second kappa shape index (κ2) is 7.70. The van der Waals surface area contributed by atoms with Crippen molar-refractivity contribution in [1.82, 2.24) is 0 Å². The quantitative estimate of drug-likeness (QED) is 0.617. The Morgan fingerprint density at radius 1 is 1.08 bits per heavy atom. The second-order valence-electron chi connectivity index (χ2n) is 5.90. The van der Waals surface area contributed by atoms with Gasteiger partial charge in [0.2, 0.25) is 0 Å². The van der Waals surface area contributed by atoms with Crippen LogP contribution in [0.2, 0.25) is 0 Å². The van der Waals surface area contributed by atoms with E-state index in [9.17, 15) is 4.79 Å². The summed E-state index contributed by atoms with van der Waals surface area (Å²) >= 11 is 3.58. The van der Waals surface area contributed by atoms with Crippen molar-refractivity contribution in [2.45, 2.75) is 20.3 Å². The molecule has 0 aliphatic carbocycles. The van der Waals surface area contributed by atoms with Gasteiger partial charge >= 0.3 is 0 Å². The van der Waals surface area contributed by atoms with E-state index in [1.807, 2.05) is 61.5 Å². The van der Waals surface area contributed by atoms with E-state index in [-0.39, 0.29) is 12.5 Å². The van der Waals surface area contributed by atoms with E-state index in [1.54, 1.807) is 0 Å². The van der Waals surface area contributed by atoms with Gasteiger partial charge in [0.15, 0.2) is 6.61 Å². The van der Waals surface area contributed by atoms with Crippen molar-refractivity contribution in [1.29, 1.82) is 0 Å². The Balaban J connectivity index is 1.72. The lowest BCUT2D eigenvalue weighted by molar-refractivity contribution is -0.118. The first-order valence-corrected chi connectivity index (χ1v) is 9.08. The van der Waals surface area contributed by atoms with Crippen molar-refractivity contribution in [3.63, 3.8) is 0 Å². The molecular weight excluding hydrogens is 378 g/mol. The van der Waals surface area contributed by atoms with Crippen molar-refractivity contribution in [2.24, 2.45) is 0 Å². The molecule has 0 spiro atoms. The molecular formula is C21H20BrNO2. The van der Waals surface area contributed by atoms with Crippen LogP contribution in [-0.2, 0) is 11.2 Å². The molecule has 0 saturated carbocycles. The Morgan fingerprint density at radius 2 is 1.88 bits per heavy atom. The van der Waals surface area contributed by atoms with Crippen LogP contribution in [0.15, 0.2) is 59.1 Å². The molecule has 3 aromatic rings. The summed E-state index contributed by atoms with van der Waals surface area (Å²) in [6.07, 6.45) is 0.869. The van der Waals surface area contributed by atoms with Crippen molar-refractivity contribution in [2.75, 3.05) is 11.9 Å². The zero-order chi connectivity index (χ0) is 17.8. The molecule has 0 radical (unpaired) electrons. The van der Waals surface area contributed by atoms with Gasteiger partial charge < -0.3 is 10.1 Å². The van der Waals surface area contributed by atoms with Crippen molar-refractivity contribution < 1.29 is 9.53 Å². The number of hydrogen-bond acceptors (Lipinski definition) is 2. The van der Waals surface area contributed by atoms with Crippen LogP contribution in [0.25, 0.3) is 10.8 Å². The maximum atomic E-state index is 12.3. The highest BCUT2D eigenvalue weighted by Crippen LogP contribution is 2.33. The predicted octanol–water partition coefficient (Wildman–Crippen LogP) is 5.49. The molecule has 0 bridgehead atoms. The monoisotopic (exact) mass is 397 g/mol. The summed E-state index contributed by atoms with van der Waals surface area (Å²) in [6.45, 7) is 4.04. The minimum absolute atomic E-state index is 0.0333. The maximum absolute atomic E-state index is 12.3. The van der Waals surface area contributed by atoms with Gasteiger partial charge in [0, 0.05) is 5.69 Å². The van der Waals surface area contributed by atoms with E-state index in [2.05, 4.69) is 28.2 Å². The summed E-state index contributed by atoms with van der Waals surface area (Å²) in [5.41, 5.74) is 3.07. The zero-order valence-corrected chi connectivity index (χ0v) is 15.9. The third-order valence-electron chi connectivity index (χ3n) is 4.19. The Hall–Kier alpha value is -2.33. The minimum Gasteiger partial charge on any atom is -0.483 e. The smallest absolute Gasteiger partial charge is 0.262 e. The van der Waals surface area contributed by atoms with Crippen molar-refractivity contribution >= 4 is 38.3 Å².